The van der Waals surface area contributed by atoms with Crippen molar-refractivity contribution in [1.29, 1.82) is 0 Å². The van der Waals surface area contributed by atoms with Gasteiger partial charge in [-0.2, -0.15) is 0 Å². The Kier molecular flexibility index (Phi) is 3.51. The molecule has 1 aromatic carbocycles. The van der Waals surface area contributed by atoms with Crippen LogP contribution in [0.4, 0.5) is 0 Å². The highest BCUT2D eigenvalue weighted by atomic mass is 35.5. The van der Waals surface area contributed by atoms with Gasteiger partial charge >= 0.3 is 5.97 Å². The highest BCUT2D eigenvalue weighted by Crippen LogP contribution is 2.25. The smallest absolute Gasteiger partial charge is 0.326 e. The van der Waals surface area contributed by atoms with Gasteiger partial charge < -0.3 is 10.0 Å². The van der Waals surface area contributed by atoms with Crippen LogP contribution in [-0.4, -0.2) is 39.5 Å². The zero-order valence-corrected chi connectivity index (χ0v) is 11.9. The minimum Gasteiger partial charge on any atom is -0.480 e. The Labute approximate surface area is 126 Å². The molecule has 1 aromatic heterocycles. The Morgan fingerprint density at radius 3 is 2.86 bits per heavy atom. The average molecular weight is 305 g/mol. The van der Waals surface area contributed by atoms with E-state index in [0.29, 0.717) is 19.4 Å². The molecule has 0 saturated carbocycles. The van der Waals surface area contributed by atoms with Crippen LogP contribution in [0.15, 0.2) is 30.3 Å². The van der Waals surface area contributed by atoms with Gasteiger partial charge in [-0.1, -0.05) is 35.9 Å². The third-order valence-electron chi connectivity index (χ3n) is 3.71. The number of carbonyl (C=O) groups excluding carboxylic acids is 1. The molecule has 1 aliphatic rings. The lowest BCUT2D eigenvalue weighted by Gasteiger charge is -2.21. The minimum absolute atomic E-state index is 0.187. The molecule has 1 aliphatic heterocycles. The van der Waals surface area contributed by atoms with Gasteiger partial charge in [0.1, 0.15) is 16.9 Å². The van der Waals surface area contributed by atoms with Crippen LogP contribution in [0.1, 0.15) is 23.3 Å². The quantitative estimate of drug-likeness (QED) is 0.866. The average Bonchev–Trinajstić information content (AvgIpc) is 2.96. The standard InChI is InChI=1S/C15H13ClN2O3/c16-13-10-5-2-1-4-9(10)8-11(17-13)14(19)18-7-3-6-12(18)15(20)21/h1-2,4-5,8,12H,3,6-7H2,(H,20,21)/t12-/m0/s1. The molecule has 1 atom stereocenters. The van der Waals surface area contributed by atoms with Crippen LogP contribution in [-0.2, 0) is 4.79 Å². The second kappa shape index (κ2) is 5.33. The van der Waals surface area contributed by atoms with Crippen LogP contribution >= 0.6 is 11.6 Å². The van der Waals surface area contributed by atoms with E-state index in [-0.39, 0.29) is 16.8 Å². The number of likely N-dealkylation sites (tertiary alicyclic amines) is 1. The van der Waals surface area contributed by atoms with Crippen molar-refractivity contribution < 1.29 is 14.7 Å². The first-order valence-electron chi connectivity index (χ1n) is 6.67. The Balaban J connectivity index is 2.00. The van der Waals surface area contributed by atoms with Crippen LogP contribution in [0.5, 0.6) is 0 Å². The lowest BCUT2D eigenvalue weighted by molar-refractivity contribution is -0.141. The summed E-state index contributed by atoms with van der Waals surface area (Å²) in [5.74, 6) is -1.36. The number of halogens is 1. The number of rotatable bonds is 2. The number of benzene rings is 1. The molecule has 108 valence electrons. The molecular weight excluding hydrogens is 292 g/mol. The van der Waals surface area contributed by atoms with Gasteiger partial charge in [0.05, 0.1) is 0 Å². The molecule has 3 rings (SSSR count). The largest absolute Gasteiger partial charge is 0.480 e. The summed E-state index contributed by atoms with van der Waals surface area (Å²) < 4.78 is 0. The van der Waals surface area contributed by atoms with E-state index in [1.54, 1.807) is 6.07 Å². The molecule has 0 spiro atoms. The molecule has 5 nitrogen and oxygen atoms in total. The fourth-order valence-corrected chi connectivity index (χ4v) is 2.94. The van der Waals surface area contributed by atoms with Crippen molar-refractivity contribution in [3.8, 4) is 0 Å². The fraction of sp³-hybridized carbons (Fsp3) is 0.267. The molecule has 0 bridgehead atoms. The van der Waals surface area contributed by atoms with Gasteiger partial charge in [-0.25, -0.2) is 9.78 Å². The predicted octanol–water partition coefficient (Wildman–Crippen LogP) is 2.58. The number of nitrogens with zero attached hydrogens (tertiary/aromatic N) is 2. The van der Waals surface area contributed by atoms with Gasteiger partial charge in [-0.15, -0.1) is 0 Å². The first kappa shape index (κ1) is 13.8. The van der Waals surface area contributed by atoms with E-state index in [4.69, 9.17) is 16.7 Å². The maximum Gasteiger partial charge on any atom is 0.326 e. The summed E-state index contributed by atoms with van der Waals surface area (Å²) in [5.41, 5.74) is 0.187. The molecule has 0 unspecified atom stereocenters. The summed E-state index contributed by atoms with van der Waals surface area (Å²) in [6, 6.07) is 8.25. The molecule has 2 heterocycles. The van der Waals surface area contributed by atoms with Gasteiger partial charge in [0, 0.05) is 11.9 Å². The Hall–Kier alpha value is -2.14. The summed E-state index contributed by atoms with van der Waals surface area (Å²) in [6.45, 7) is 0.432. The number of fused-ring (bicyclic) bond motifs is 1. The molecule has 1 N–H and O–H groups in total. The predicted molar refractivity (Wildman–Crippen MR) is 78.4 cm³/mol. The van der Waals surface area contributed by atoms with Gasteiger partial charge in [0.25, 0.3) is 5.91 Å². The van der Waals surface area contributed by atoms with Crippen molar-refractivity contribution in [3.05, 3.63) is 41.2 Å². The Morgan fingerprint density at radius 2 is 2.10 bits per heavy atom. The number of amides is 1. The molecule has 0 radical (unpaired) electrons. The zero-order valence-electron chi connectivity index (χ0n) is 11.1. The number of hydrogen-bond donors (Lipinski definition) is 1. The number of pyridine rings is 1. The summed E-state index contributed by atoms with van der Waals surface area (Å²) >= 11 is 6.11. The summed E-state index contributed by atoms with van der Waals surface area (Å²) in [5, 5.41) is 11.0. The Morgan fingerprint density at radius 1 is 1.33 bits per heavy atom. The number of aliphatic carboxylic acids is 1. The number of aromatic nitrogens is 1. The summed E-state index contributed by atoms with van der Waals surface area (Å²) in [7, 11) is 0. The molecule has 0 aliphatic carbocycles. The highest BCUT2D eigenvalue weighted by Gasteiger charge is 2.35. The summed E-state index contributed by atoms with van der Waals surface area (Å²) in [4.78, 5) is 29.2. The summed E-state index contributed by atoms with van der Waals surface area (Å²) in [6.07, 6.45) is 1.16. The second-order valence-electron chi connectivity index (χ2n) is 5.01. The van der Waals surface area contributed by atoms with E-state index in [2.05, 4.69) is 4.98 Å². The number of carbonyl (C=O) groups is 2. The zero-order chi connectivity index (χ0) is 15.0. The van der Waals surface area contributed by atoms with Crippen LogP contribution in [0.3, 0.4) is 0 Å². The third kappa shape index (κ3) is 2.45. The third-order valence-corrected chi connectivity index (χ3v) is 4.00. The number of carboxylic acid groups (broad SMARTS) is 1. The minimum atomic E-state index is -0.979. The SMILES string of the molecule is O=C(O)[C@@H]1CCCN1C(=O)c1cc2ccccc2c(Cl)n1. The van der Waals surface area contributed by atoms with Gasteiger partial charge in [-0.3, -0.25) is 4.79 Å². The van der Waals surface area contributed by atoms with Gasteiger partial charge in [0.2, 0.25) is 0 Å². The van der Waals surface area contributed by atoms with Crippen LogP contribution in [0, 0.1) is 0 Å². The van der Waals surface area contributed by atoms with E-state index in [1.807, 2.05) is 24.3 Å². The van der Waals surface area contributed by atoms with Crippen molar-refractivity contribution in [1.82, 2.24) is 9.88 Å². The lowest BCUT2D eigenvalue weighted by Crippen LogP contribution is -2.40. The first-order chi connectivity index (χ1) is 10.1. The normalized spacial score (nSPS) is 18.1. The molecule has 6 heteroatoms. The van der Waals surface area contributed by atoms with Crippen LogP contribution in [0.2, 0.25) is 5.15 Å². The monoisotopic (exact) mass is 304 g/mol. The van der Waals surface area contributed by atoms with Crippen LogP contribution in [0.25, 0.3) is 10.8 Å². The Bertz CT molecular complexity index is 732. The second-order valence-corrected chi connectivity index (χ2v) is 5.37. The van der Waals surface area contributed by atoms with Gasteiger partial charge in [0.15, 0.2) is 0 Å². The molecule has 21 heavy (non-hydrogen) atoms. The van der Waals surface area contributed by atoms with E-state index in [9.17, 15) is 9.59 Å². The lowest BCUT2D eigenvalue weighted by atomic mass is 10.1. The maximum atomic E-state index is 12.5. The maximum absolute atomic E-state index is 12.5. The van der Waals surface area contributed by atoms with E-state index < -0.39 is 12.0 Å². The van der Waals surface area contributed by atoms with E-state index >= 15 is 0 Å². The van der Waals surface area contributed by atoms with Crippen molar-refractivity contribution in [3.63, 3.8) is 0 Å². The van der Waals surface area contributed by atoms with Gasteiger partial charge in [-0.05, 0) is 24.3 Å². The number of carboxylic acids is 1. The molecule has 1 fully saturated rings. The molecular formula is C15H13ClN2O3. The molecule has 2 aromatic rings. The van der Waals surface area contributed by atoms with E-state index in [1.165, 1.54) is 4.90 Å². The van der Waals surface area contributed by atoms with Crippen molar-refractivity contribution in [2.75, 3.05) is 6.54 Å². The van der Waals surface area contributed by atoms with Crippen LogP contribution < -0.4 is 0 Å². The van der Waals surface area contributed by atoms with Crippen molar-refractivity contribution in [2.45, 2.75) is 18.9 Å². The topological polar surface area (TPSA) is 70.5 Å². The highest BCUT2D eigenvalue weighted by molar-refractivity contribution is 6.34. The number of hydrogen-bond acceptors (Lipinski definition) is 3. The first-order valence-corrected chi connectivity index (χ1v) is 7.05. The molecule has 1 amide bonds. The van der Waals surface area contributed by atoms with E-state index in [0.717, 1.165) is 10.8 Å². The van der Waals surface area contributed by atoms with Crippen molar-refractivity contribution in [2.24, 2.45) is 0 Å². The fourth-order valence-electron chi connectivity index (χ4n) is 2.68. The molecule has 1 saturated heterocycles. The van der Waals surface area contributed by atoms with Crippen molar-refractivity contribution >= 4 is 34.2 Å².